The maximum atomic E-state index is 12.2. The van der Waals surface area contributed by atoms with Gasteiger partial charge in [0.15, 0.2) is 6.61 Å². The number of β-lactam (4-membered cyclic amide) rings is 1. The fraction of sp³-hybridized carbons (Fsp3) is 0.600. The Morgan fingerprint density at radius 3 is 2.76 bits per heavy atom. The summed E-state index contributed by atoms with van der Waals surface area (Å²) < 4.78 is 4.66. The van der Waals surface area contributed by atoms with Gasteiger partial charge in [-0.2, -0.15) is 0 Å². The number of aliphatic imine (C=N–C) groups is 1. The Hall–Kier alpha value is -2.62. The van der Waals surface area contributed by atoms with E-state index in [1.807, 2.05) is 0 Å². The first kappa shape index (κ1) is 17.2. The zero-order valence-corrected chi connectivity index (χ0v) is 13.5. The SMILES string of the molecule is NC(=O)OCC1=NCC(C2=C(C(=O)O)N3C(=O)[C@@H](CCO)[C@H]3C2)CN1. The summed E-state index contributed by atoms with van der Waals surface area (Å²) >= 11 is 0. The van der Waals surface area contributed by atoms with E-state index in [0.29, 0.717) is 37.3 Å². The predicted molar refractivity (Wildman–Crippen MR) is 84.4 cm³/mol. The summed E-state index contributed by atoms with van der Waals surface area (Å²) in [5, 5.41) is 21.6. The second-order valence-electron chi connectivity index (χ2n) is 6.25. The standard InChI is InChI=1S/C15H20N4O6/c16-15(24)25-6-11-17-4-7(5-18-11)9-3-10-8(1-2-20)13(21)19(10)12(9)14(22)23/h7-8,10,20H,1-6H2,(H2,16,24)(H,17,18)(H,22,23)/t8-,10+/m0/s1. The van der Waals surface area contributed by atoms with E-state index in [-0.39, 0.29) is 42.7 Å². The van der Waals surface area contributed by atoms with Crippen molar-refractivity contribution in [2.45, 2.75) is 18.9 Å². The number of nitrogens with one attached hydrogen (secondary N) is 1. The second kappa shape index (κ2) is 6.71. The number of amides is 2. The van der Waals surface area contributed by atoms with Crippen molar-refractivity contribution in [3.05, 3.63) is 11.3 Å². The Morgan fingerprint density at radius 2 is 2.20 bits per heavy atom. The Balaban J connectivity index is 1.73. The second-order valence-corrected chi connectivity index (χ2v) is 6.25. The number of ether oxygens (including phenoxy) is 1. The summed E-state index contributed by atoms with van der Waals surface area (Å²) in [6, 6.07) is -0.190. The number of aliphatic carboxylic acids is 1. The maximum Gasteiger partial charge on any atom is 0.404 e. The molecule has 3 aliphatic rings. The zero-order valence-electron chi connectivity index (χ0n) is 13.5. The van der Waals surface area contributed by atoms with Gasteiger partial charge in [0, 0.05) is 25.6 Å². The van der Waals surface area contributed by atoms with Crippen molar-refractivity contribution in [1.82, 2.24) is 10.2 Å². The number of aliphatic hydroxyl groups is 1. The third kappa shape index (κ3) is 3.04. The lowest BCUT2D eigenvalue weighted by atomic mass is 9.83. The number of nitrogens with zero attached hydrogens (tertiary/aromatic N) is 2. The van der Waals surface area contributed by atoms with Gasteiger partial charge < -0.3 is 30.9 Å². The lowest BCUT2D eigenvalue weighted by Gasteiger charge is -2.43. The van der Waals surface area contributed by atoms with Crippen LogP contribution in [-0.4, -0.2) is 71.3 Å². The van der Waals surface area contributed by atoms with Crippen molar-refractivity contribution in [2.75, 3.05) is 26.3 Å². The van der Waals surface area contributed by atoms with Crippen molar-refractivity contribution in [1.29, 1.82) is 0 Å². The molecule has 0 radical (unpaired) electrons. The van der Waals surface area contributed by atoms with Crippen LogP contribution in [-0.2, 0) is 14.3 Å². The van der Waals surface area contributed by atoms with Gasteiger partial charge in [-0.25, -0.2) is 9.59 Å². The van der Waals surface area contributed by atoms with Crippen LogP contribution in [0, 0.1) is 11.8 Å². The molecule has 136 valence electrons. The van der Waals surface area contributed by atoms with Gasteiger partial charge in [-0.05, 0) is 18.4 Å². The van der Waals surface area contributed by atoms with E-state index in [0.717, 1.165) is 0 Å². The molecule has 2 amide bonds. The molecule has 1 fully saturated rings. The van der Waals surface area contributed by atoms with Gasteiger partial charge in [-0.3, -0.25) is 9.79 Å². The number of nitrogens with two attached hydrogens (primary N) is 1. The Bertz CT molecular complexity index is 673. The first-order valence-corrected chi connectivity index (χ1v) is 8.03. The number of aliphatic hydroxyl groups excluding tert-OH is 1. The van der Waals surface area contributed by atoms with Gasteiger partial charge in [0.2, 0.25) is 5.91 Å². The van der Waals surface area contributed by atoms with Gasteiger partial charge in [0.1, 0.15) is 11.5 Å². The van der Waals surface area contributed by atoms with Gasteiger partial charge in [0.25, 0.3) is 0 Å². The van der Waals surface area contributed by atoms with Crippen molar-refractivity contribution in [3.63, 3.8) is 0 Å². The van der Waals surface area contributed by atoms with E-state index in [4.69, 9.17) is 10.8 Å². The number of primary amides is 1. The molecule has 0 aromatic heterocycles. The number of carboxylic acids is 1. The molecule has 10 heteroatoms. The molecule has 3 aliphatic heterocycles. The number of carbonyl (C=O) groups excluding carboxylic acids is 2. The lowest BCUT2D eigenvalue weighted by molar-refractivity contribution is -0.155. The van der Waals surface area contributed by atoms with Gasteiger partial charge in [-0.1, -0.05) is 0 Å². The number of amidine groups is 1. The summed E-state index contributed by atoms with van der Waals surface area (Å²) in [5.41, 5.74) is 5.64. The minimum atomic E-state index is -1.12. The molecule has 1 saturated heterocycles. The number of fused-ring (bicyclic) bond motifs is 1. The molecule has 3 atom stereocenters. The van der Waals surface area contributed by atoms with Gasteiger partial charge in [-0.15, -0.1) is 0 Å². The fourth-order valence-electron chi connectivity index (χ4n) is 3.70. The number of carbonyl (C=O) groups is 3. The van der Waals surface area contributed by atoms with E-state index in [1.165, 1.54) is 4.90 Å². The molecule has 3 rings (SSSR count). The average Bonchev–Trinajstić information content (AvgIpc) is 2.94. The molecule has 5 N–H and O–H groups in total. The highest BCUT2D eigenvalue weighted by Crippen LogP contribution is 2.45. The van der Waals surface area contributed by atoms with Gasteiger partial charge in [0.05, 0.1) is 12.0 Å². The predicted octanol–water partition coefficient (Wildman–Crippen LogP) is -1.35. The Kier molecular flexibility index (Phi) is 4.62. The smallest absolute Gasteiger partial charge is 0.404 e. The number of hydrogen-bond acceptors (Lipinski definition) is 7. The number of hydrogen-bond donors (Lipinski definition) is 4. The van der Waals surface area contributed by atoms with Crippen LogP contribution in [0.1, 0.15) is 12.8 Å². The molecule has 0 saturated carbocycles. The average molecular weight is 352 g/mol. The summed E-state index contributed by atoms with van der Waals surface area (Å²) in [6.45, 7) is 0.623. The highest BCUT2D eigenvalue weighted by atomic mass is 16.5. The largest absolute Gasteiger partial charge is 0.477 e. The summed E-state index contributed by atoms with van der Waals surface area (Å²) in [7, 11) is 0. The van der Waals surface area contributed by atoms with Crippen LogP contribution in [0.25, 0.3) is 0 Å². The number of rotatable bonds is 6. The van der Waals surface area contributed by atoms with Crippen molar-refractivity contribution in [2.24, 2.45) is 22.6 Å². The van der Waals surface area contributed by atoms with Crippen LogP contribution >= 0.6 is 0 Å². The van der Waals surface area contributed by atoms with E-state index < -0.39 is 12.1 Å². The third-order valence-electron chi connectivity index (χ3n) is 4.87. The monoisotopic (exact) mass is 352 g/mol. The molecule has 25 heavy (non-hydrogen) atoms. The van der Waals surface area contributed by atoms with Crippen LogP contribution in [0.2, 0.25) is 0 Å². The van der Waals surface area contributed by atoms with Crippen LogP contribution < -0.4 is 11.1 Å². The molecule has 10 nitrogen and oxygen atoms in total. The quantitative estimate of drug-likeness (QED) is 0.431. The normalized spacial score (nSPS) is 28.0. The fourth-order valence-corrected chi connectivity index (χ4v) is 3.70. The van der Waals surface area contributed by atoms with E-state index in [2.05, 4.69) is 15.0 Å². The molecular formula is C15H20N4O6. The molecular weight excluding hydrogens is 332 g/mol. The summed E-state index contributed by atoms with van der Waals surface area (Å²) in [5.74, 6) is -1.37. The van der Waals surface area contributed by atoms with Crippen molar-refractivity contribution in [3.8, 4) is 0 Å². The topological polar surface area (TPSA) is 155 Å². The maximum absolute atomic E-state index is 12.2. The molecule has 3 heterocycles. The Labute approximate surface area is 143 Å². The summed E-state index contributed by atoms with van der Waals surface area (Å²) in [4.78, 5) is 40.1. The first-order chi connectivity index (χ1) is 11.9. The van der Waals surface area contributed by atoms with Crippen molar-refractivity contribution >= 4 is 23.8 Å². The highest BCUT2D eigenvalue weighted by Gasteiger charge is 2.55. The molecule has 0 aromatic carbocycles. The van der Waals surface area contributed by atoms with Crippen LogP contribution in [0.15, 0.2) is 16.3 Å². The van der Waals surface area contributed by atoms with E-state index >= 15 is 0 Å². The minimum absolute atomic E-state index is 0.0445. The Morgan fingerprint density at radius 1 is 1.44 bits per heavy atom. The van der Waals surface area contributed by atoms with E-state index in [1.54, 1.807) is 0 Å². The van der Waals surface area contributed by atoms with E-state index in [9.17, 15) is 19.5 Å². The summed E-state index contributed by atoms with van der Waals surface area (Å²) in [6.07, 6.45) is -0.0702. The van der Waals surface area contributed by atoms with Crippen LogP contribution in [0.4, 0.5) is 4.79 Å². The number of carboxylic acid groups (broad SMARTS) is 1. The van der Waals surface area contributed by atoms with Crippen molar-refractivity contribution < 1.29 is 29.3 Å². The molecule has 1 unspecified atom stereocenters. The molecule has 0 bridgehead atoms. The van der Waals surface area contributed by atoms with Crippen LogP contribution in [0.3, 0.4) is 0 Å². The first-order valence-electron chi connectivity index (χ1n) is 8.03. The third-order valence-corrected chi connectivity index (χ3v) is 4.87. The molecule has 0 spiro atoms. The lowest BCUT2D eigenvalue weighted by Crippen LogP contribution is -2.58. The molecule has 0 aromatic rings. The zero-order chi connectivity index (χ0) is 18.1. The molecule has 0 aliphatic carbocycles. The van der Waals surface area contributed by atoms with Crippen LogP contribution in [0.5, 0.6) is 0 Å². The minimum Gasteiger partial charge on any atom is -0.477 e. The highest BCUT2D eigenvalue weighted by molar-refractivity contribution is 5.99. The van der Waals surface area contributed by atoms with Gasteiger partial charge >= 0.3 is 12.1 Å².